The molecule has 0 amide bonds. The Labute approximate surface area is 137 Å². The van der Waals surface area contributed by atoms with E-state index in [2.05, 4.69) is 15.2 Å². The quantitative estimate of drug-likeness (QED) is 0.411. The molecule has 0 aliphatic carbocycles. The number of hydrogen-bond acceptors (Lipinski definition) is 5. The third-order valence-electron chi connectivity index (χ3n) is 3.74. The lowest BCUT2D eigenvalue weighted by atomic mass is 10.1. The fraction of sp³-hybridized carbons (Fsp3) is 0.125. The molecule has 0 radical (unpaired) electrons. The first-order valence-corrected chi connectivity index (χ1v) is 8.32. The van der Waals surface area contributed by atoms with Crippen molar-refractivity contribution in [2.24, 2.45) is 0 Å². The number of rotatable bonds is 2. The van der Waals surface area contributed by atoms with Crippen LogP contribution in [0.25, 0.3) is 5.69 Å². The Hall–Kier alpha value is -2.67. The van der Waals surface area contributed by atoms with Crippen LogP contribution in [0.1, 0.15) is 17.1 Å². The average molecular weight is 323 g/mol. The van der Waals surface area contributed by atoms with Gasteiger partial charge in [-0.2, -0.15) is 4.74 Å². The minimum absolute atomic E-state index is 0.134. The Kier molecular flexibility index (Phi) is 3.34. The summed E-state index contributed by atoms with van der Waals surface area (Å²) in [6.45, 7) is 0.134. The molecule has 1 aliphatic rings. The fourth-order valence-electron chi connectivity index (χ4n) is 2.69. The van der Waals surface area contributed by atoms with E-state index in [1.807, 2.05) is 53.3 Å². The van der Waals surface area contributed by atoms with Gasteiger partial charge < -0.3 is 5.21 Å². The number of pyridine rings is 1. The molecule has 23 heavy (non-hydrogen) atoms. The van der Waals surface area contributed by atoms with Crippen molar-refractivity contribution < 1.29 is 4.74 Å². The summed E-state index contributed by atoms with van der Waals surface area (Å²) in [6, 6.07) is 13.5. The second kappa shape index (κ2) is 5.51. The van der Waals surface area contributed by atoms with E-state index in [0.717, 1.165) is 21.0 Å². The van der Waals surface area contributed by atoms with E-state index in [9.17, 15) is 5.21 Å². The van der Waals surface area contributed by atoms with Gasteiger partial charge in [-0.15, -0.1) is 22.0 Å². The van der Waals surface area contributed by atoms with Gasteiger partial charge in [0.1, 0.15) is 6.33 Å². The molecule has 0 atom stereocenters. The molecule has 0 saturated heterocycles. The van der Waals surface area contributed by atoms with Crippen molar-refractivity contribution in [1.82, 2.24) is 19.7 Å². The van der Waals surface area contributed by atoms with E-state index in [-0.39, 0.29) is 6.54 Å². The molecule has 0 spiro atoms. The van der Waals surface area contributed by atoms with Gasteiger partial charge >= 0.3 is 0 Å². The highest BCUT2D eigenvalue weighted by Gasteiger charge is 2.28. The number of nitrogens with zero attached hydrogens (tertiary/aromatic N) is 5. The Balaban J connectivity index is 2.04. The Morgan fingerprint density at radius 2 is 2.00 bits per heavy atom. The van der Waals surface area contributed by atoms with Crippen LogP contribution < -0.4 is 0 Å². The number of fused-ring (bicyclic) bond motifs is 3. The zero-order chi connectivity index (χ0) is 15.8. The third kappa shape index (κ3) is 2.29. The maximum atomic E-state index is 12.8. The molecular formula is C16H13N5OS. The first kappa shape index (κ1) is 14.0. The average Bonchev–Trinajstić information content (AvgIpc) is 2.99. The van der Waals surface area contributed by atoms with Gasteiger partial charge in [0.2, 0.25) is 18.1 Å². The number of aromatic nitrogens is 4. The first-order chi connectivity index (χ1) is 11.3. The topological polar surface area (TPSA) is 69.7 Å². The van der Waals surface area contributed by atoms with Crippen LogP contribution in [0, 0.1) is 5.21 Å². The molecule has 1 aliphatic heterocycles. The Morgan fingerprint density at radius 1 is 1.17 bits per heavy atom. The van der Waals surface area contributed by atoms with Gasteiger partial charge in [-0.1, -0.05) is 18.2 Å². The van der Waals surface area contributed by atoms with Crippen LogP contribution in [-0.4, -0.2) is 36.5 Å². The van der Waals surface area contributed by atoms with Crippen LogP contribution in [0.3, 0.4) is 0 Å². The van der Waals surface area contributed by atoms with E-state index in [1.54, 1.807) is 18.1 Å². The lowest BCUT2D eigenvalue weighted by molar-refractivity contribution is -0.475. The van der Waals surface area contributed by atoms with Crippen LogP contribution in [0.2, 0.25) is 0 Å². The van der Waals surface area contributed by atoms with Crippen LogP contribution >= 0.6 is 11.8 Å². The molecule has 4 rings (SSSR count). The maximum Gasteiger partial charge on any atom is 0.246 e. The summed E-state index contributed by atoms with van der Waals surface area (Å²) in [5.74, 6) is 0.603. The first-order valence-electron chi connectivity index (χ1n) is 7.09. The number of benzene rings is 1. The molecule has 2 aromatic heterocycles. The van der Waals surface area contributed by atoms with Crippen molar-refractivity contribution in [1.29, 1.82) is 0 Å². The molecule has 0 fully saturated rings. The third-order valence-corrected chi connectivity index (χ3v) is 4.39. The van der Waals surface area contributed by atoms with Crippen LogP contribution in [-0.2, 0) is 6.54 Å². The monoisotopic (exact) mass is 323 g/mol. The van der Waals surface area contributed by atoms with E-state index in [1.165, 1.54) is 0 Å². The largest absolute Gasteiger partial charge is 0.623 e. The SMILES string of the molecule is CSc1ccc2c(n1)C(c1ccccc1)=[N+]([O-])Cc1nncn1-2. The molecule has 0 bridgehead atoms. The van der Waals surface area contributed by atoms with Crippen LogP contribution in [0.4, 0.5) is 0 Å². The summed E-state index contributed by atoms with van der Waals surface area (Å²) in [4.78, 5) is 4.69. The number of hydroxylamine groups is 1. The van der Waals surface area contributed by atoms with Crippen molar-refractivity contribution in [3.63, 3.8) is 0 Å². The van der Waals surface area contributed by atoms with Crippen molar-refractivity contribution in [3.8, 4) is 5.69 Å². The molecule has 0 N–H and O–H groups in total. The predicted molar refractivity (Wildman–Crippen MR) is 87.9 cm³/mol. The predicted octanol–water partition coefficient (Wildman–Crippen LogP) is 2.25. The summed E-state index contributed by atoms with van der Waals surface area (Å²) in [5.41, 5.74) is 2.87. The molecule has 1 aromatic carbocycles. The fourth-order valence-corrected chi connectivity index (χ4v) is 3.07. The van der Waals surface area contributed by atoms with Crippen LogP contribution in [0.15, 0.2) is 53.8 Å². The molecule has 114 valence electrons. The maximum absolute atomic E-state index is 12.8. The molecule has 6 nitrogen and oxygen atoms in total. The van der Waals surface area contributed by atoms with Gasteiger partial charge in [-0.3, -0.25) is 4.57 Å². The van der Waals surface area contributed by atoms with E-state index in [0.29, 0.717) is 17.2 Å². The standard InChI is InChI=1S/C16H13N5OS/c1-23-14-8-7-12-15(18-14)16(11-5-3-2-4-6-11)21(22)9-13-19-17-10-20(12)13/h2-8,10H,9H2,1H3. The highest BCUT2D eigenvalue weighted by molar-refractivity contribution is 7.98. The summed E-state index contributed by atoms with van der Waals surface area (Å²) in [7, 11) is 0. The van der Waals surface area contributed by atoms with Gasteiger partial charge in [-0.05, 0) is 30.5 Å². The Bertz CT molecular complexity index is 904. The van der Waals surface area contributed by atoms with Gasteiger partial charge in [0.15, 0.2) is 5.69 Å². The van der Waals surface area contributed by atoms with Crippen molar-refractivity contribution >= 4 is 17.5 Å². The highest BCUT2D eigenvalue weighted by atomic mass is 32.2. The van der Waals surface area contributed by atoms with E-state index < -0.39 is 0 Å². The van der Waals surface area contributed by atoms with E-state index in [4.69, 9.17) is 0 Å². The van der Waals surface area contributed by atoms with Gasteiger partial charge in [0.05, 0.1) is 10.7 Å². The normalized spacial score (nSPS) is 13.4. The second-order valence-electron chi connectivity index (χ2n) is 5.09. The minimum atomic E-state index is 0.134. The zero-order valence-electron chi connectivity index (χ0n) is 12.4. The van der Waals surface area contributed by atoms with Gasteiger partial charge in [-0.25, -0.2) is 4.98 Å². The number of thioether (sulfide) groups is 1. The van der Waals surface area contributed by atoms with Crippen molar-refractivity contribution in [2.75, 3.05) is 6.26 Å². The molecule has 7 heteroatoms. The summed E-state index contributed by atoms with van der Waals surface area (Å²) < 4.78 is 2.77. The van der Waals surface area contributed by atoms with Crippen molar-refractivity contribution in [2.45, 2.75) is 11.6 Å². The molecule has 0 saturated carbocycles. The number of hydrogen-bond donors (Lipinski definition) is 0. The lowest BCUT2D eigenvalue weighted by Gasteiger charge is -2.10. The lowest BCUT2D eigenvalue weighted by Crippen LogP contribution is -2.19. The zero-order valence-corrected chi connectivity index (χ0v) is 13.2. The molecular weight excluding hydrogens is 310 g/mol. The summed E-state index contributed by atoms with van der Waals surface area (Å²) in [5, 5.41) is 21.6. The summed E-state index contributed by atoms with van der Waals surface area (Å²) >= 11 is 1.54. The smallest absolute Gasteiger partial charge is 0.246 e. The minimum Gasteiger partial charge on any atom is -0.623 e. The van der Waals surface area contributed by atoms with Crippen LogP contribution in [0.5, 0.6) is 0 Å². The molecule has 3 heterocycles. The highest BCUT2D eigenvalue weighted by Crippen LogP contribution is 2.25. The van der Waals surface area contributed by atoms with Gasteiger partial charge in [0.25, 0.3) is 0 Å². The van der Waals surface area contributed by atoms with Gasteiger partial charge in [0, 0.05) is 5.56 Å². The summed E-state index contributed by atoms with van der Waals surface area (Å²) in [6.07, 6.45) is 3.59. The molecule has 0 unspecified atom stereocenters. The molecule has 3 aromatic rings. The van der Waals surface area contributed by atoms with E-state index >= 15 is 0 Å². The second-order valence-corrected chi connectivity index (χ2v) is 5.92. The van der Waals surface area contributed by atoms with Crippen molar-refractivity contribution in [3.05, 3.63) is 71.1 Å². The Morgan fingerprint density at radius 3 is 2.78 bits per heavy atom.